The topological polar surface area (TPSA) is 126 Å². The van der Waals surface area contributed by atoms with E-state index in [9.17, 15) is 18.0 Å². The molecule has 1 amide bonds. The van der Waals surface area contributed by atoms with Gasteiger partial charge in [-0.25, -0.2) is 4.72 Å². The van der Waals surface area contributed by atoms with Crippen LogP contribution in [0.4, 0.5) is 5.69 Å². The van der Waals surface area contributed by atoms with Crippen molar-refractivity contribution in [1.82, 2.24) is 14.4 Å². The van der Waals surface area contributed by atoms with Gasteiger partial charge in [0.25, 0.3) is 16.1 Å². The number of hydrogen-bond acceptors (Lipinski definition) is 6. The number of rotatable bonds is 10. The van der Waals surface area contributed by atoms with Crippen LogP contribution in [-0.4, -0.2) is 45.0 Å². The average Bonchev–Trinajstić information content (AvgIpc) is 2.83. The highest BCUT2D eigenvalue weighted by Gasteiger charge is 2.26. The maximum atomic E-state index is 12.6. The number of esters is 1. The van der Waals surface area contributed by atoms with Gasteiger partial charge in [-0.05, 0) is 42.9 Å². The van der Waals surface area contributed by atoms with Crippen LogP contribution in [0.1, 0.15) is 48.0 Å². The number of amides is 1. The second kappa shape index (κ2) is 12.6. The number of aromatic nitrogens is 1. The lowest BCUT2D eigenvalue weighted by Crippen LogP contribution is -2.48. The van der Waals surface area contributed by atoms with E-state index in [-0.39, 0.29) is 22.0 Å². The highest BCUT2D eigenvalue weighted by atomic mass is 35.5. The molecule has 1 atom stereocenters. The summed E-state index contributed by atoms with van der Waals surface area (Å²) in [5.41, 5.74) is 1.23. The van der Waals surface area contributed by atoms with Crippen LogP contribution in [0.15, 0.2) is 36.7 Å². The Hall–Kier alpha value is -2.24. The molecule has 1 aliphatic rings. The van der Waals surface area contributed by atoms with Gasteiger partial charge in [-0.15, -0.1) is 0 Å². The van der Waals surface area contributed by atoms with Crippen LogP contribution in [0.3, 0.4) is 0 Å². The van der Waals surface area contributed by atoms with Gasteiger partial charge in [0.1, 0.15) is 6.04 Å². The lowest BCUT2D eigenvalue weighted by molar-refractivity contribution is -0.142. The molecule has 1 aromatic carbocycles. The summed E-state index contributed by atoms with van der Waals surface area (Å²) in [7, 11) is -2.70. The Kier molecular flexibility index (Phi) is 9.88. The second-order valence-electron chi connectivity index (χ2n) is 8.38. The molecular weight excluding hydrogens is 515 g/mol. The molecule has 0 bridgehead atoms. The van der Waals surface area contributed by atoms with Crippen LogP contribution in [0.25, 0.3) is 0 Å². The fraction of sp³-hybridized carbons (Fsp3) is 0.435. The predicted molar refractivity (Wildman–Crippen MR) is 135 cm³/mol. The minimum absolute atomic E-state index is 0.0627. The smallest absolute Gasteiger partial charge is 0.324 e. The molecule has 1 saturated carbocycles. The normalized spacial score (nSPS) is 15.4. The van der Waals surface area contributed by atoms with E-state index >= 15 is 0 Å². The van der Waals surface area contributed by atoms with Crippen LogP contribution in [-0.2, 0) is 26.2 Å². The zero-order chi connectivity index (χ0) is 25.4. The van der Waals surface area contributed by atoms with Crippen molar-refractivity contribution in [3.05, 3.63) is 57.8 Å². The van der Waals surface area contributed by atoms with Gasteiger partial charge >= 0.3 is 5.97 Å². The van der Waals surface area contributed by atoms with Gasteiger partial charge in [0, 0.05) is 24.6 Å². The zero-order valence-electron chi connectivity index (χ0n) is 19.2. The third kappa shape index (κ3) is 8.15. The van der Waals surface area contributed by atoms with Gasteiger partial charge in [-0.3, -0.25) is 14.6 Å². The second-order valence-corrected chi connectivity index (χ2v) is 10.7. The van der Waals surface area contributed by atoms with E-state index in [0.29, 0.717) is 23.7 Å². The van der Waals surface area contributed by atoms with Crippen molar-refractivity contribution in [2.75, 3.05) is 19.0 Å². The van der Waals surface area contributed by atoms with Gasteiger partial charge in [-0.1, -0.05) is 54.6 Å². The fourth-order valence-electron chi connectivity index (χ4n) is 3.94. The summed E-state index contributed by atoms with van der Waals surface area (Å²) in [6.45, 7) is 0.336. The summed E-state index contributed by atoms with van der Waals surface area (Å²) in [4.78, 5) is 28.6. The number of carbonyl (C=O) groups excluding carboxylic acids is 2. The fourth-order valence-corrected chi connectivity index (χ4v) is 5.57. The molecule has 12 heteroatoms. The lowest BCUT2D eigenvalue weighted by Gasteiger charge is -2.23. The number of methoxy groups -OCH3 is 1. The van der Waals surface area contributed by atoms with E-state index in [1.165, 1.54) is 25.9 Å². The van der Waals surface area contributed by atoms with Crippen molar-refractivity contribution in [2.24, 2.45) is 5.92 Å². The third-order valence-corrected chi connectivity index (χ3v) is 7.52. The summed E-state index contributed by atoms with van der Waals surface area (Å²) < 4.78 is 34.9. The predicted octanol–water partition coefficient (Wildman–Crippen LogP) is 3.73. The monoisotopic (exact) mass is 542 g/mol. The number of halogens is 2. The molecule has 35 heavy (non-hydrogen) atoms. The Morgan fingerprint density at radius 2 is 1.71 bits per heavy atom. The summed E-state index contributed by atoms with van der Waals surface area (Å²) in [6.07, 6.45) is 8.07. The summed E-state index contributed by atoms with van der Waals surface area (Å²) >= 11 is 12.0. The number of nitrogens with zero attached hydrogens (tertiary/aromatic N) is 1. The van der Waals surface area contributed by atoms with Crippen molar-refractivity contribution >= 4 is 51.0 Å². The quantitative estimate of drug-likeness (QED) is 0.392. The van der Waals surface area contributed by atoms with Gasteiger partial charge in [0.15, 0.2) is 0 Å². The molecule has 1 unspecified atom stereocenters. The SMILES string of the molecule is COC(=O)C(Cc1ccc(NC(=O)c2c(Cl)cncc2Cl)cc1)NS(=O)(=O)NCC1CCCCC1. The Bertz CT molecular complexity index is 1120. The number of benzene rings is 1. The van der Waals surface area contributed by atoms with E-state index in [2.05, 4.69) is 19.7 Å². The van der Waals surface area contributed by atoms with E-state index in [0.717, 1.165) is 25.7 Å². The van der Waals surface area contributed by atoms with Crippen LogP contribution in [0.2, 0.25) is 10.0 Å². The van der Waals surface area contributed by atoms with E-state index < -0.39 is 28.1 Å². The lowest BCUT2D eigenvalue weighted by atomic mass is 9.90. The summed E-state index contributed by atoms with van der Waals surface area (Å²) in [5.74, 6) is -0.900. The highest BCUT2D eigenvalue weighted by Crippen LogP contribution is 2.25. The largest absolute Gasteiger partial charge is 0.468 e. The van der Waals surface area contributed by atoms with Crippen LogP contribution in [0, 0.1) is 5.92 Å². The van der Waals surface area contributed by atoms with Gasteiger partial charge in [0.2, 0.25) is 0 Å². The van der Waals surface area contributed by atoms with E-state index in [1.54, 1.807) is 24.3 Å². The van der Waals surface area contributed by atoms with Crippen molar-refractivity contribution in [3.63, 3.8) is 0 Å². The summed E-state index contributed by atoms with van der Waals surface area (Å²) in [5, 5.41) is 2.94. The Morgan fingerprint density at radius 3 is 2.31 bits per heavy atom. The van der Waals surface area contributed by atoms with Crippen LogP contribution < -0.4 is 14.8 Å². The maximum Gasteiger partial charge on any atom is 0.324 e. The Labute approximate surface area is 215 Å². The van der Waals surface area contributed by atoms with Crippen LogP contribution >= 0.6 is 23.2 Å². The standard InChI is InChI=1S/C23H28Cl2N4O5S/c1-34-23(31)20(29-35(32,33)27-12-16-5-3-2-4-6-16)11-15-7-9-17(10-8-15)28-22(30)21-18(24)13-26-14-19(21)25/h7-10,13-14,16,20,27,29H,2-6,11-12H2,1H3,(H,28,30). The first-order valence-electron chi connectivity index (χ1n) is 11.2. The molecule has 1 aromatic heterocycles. The zero-order valence-corrected chi connectivity index (χ0v) is 21.5. The number of ether oxygens (including phenoxy) is 1. The Balaban J connectivity index is 1.62. The first-order valence-corrected chi connectivity index (χ1v) is 13.5. The van der Waals surface area contributed by atoms with E-state index in [4.69, 9.17) is 27.9 Å². The third-order valence-electron chi connectivity index (χ3n) is 5.80. The van der Waals surface area contributed by atoms with Crippen molar-refractivity contribution in [2.45, 2.75) is 44.6 Å². The molecule has 9 nitrogen and oxygen atoms in total. The number of pyridine rings is 1. The average molecular weight is 543 g/mol. The van der Waals surface area contributed by atoms with E-state index in [1.807, 2.05) is 0 Å². The Morgan fingerprint density at radius 1 is 1.09 bits per heavy atom. The minimum Gasteiger partial charge on any atom is -0.468 e. The molecule has 0 aliphatic heterocycles. The molecule has 190 valence electrons. The van der Waals surface area contributed by atoms with Crippen LogP contribution in [0.5, 0.6) is 0 Å². The summed E-state index contributed by atoms with van der Waals surface area (Å²) in [6, 6.07) is 5.48. The molecule has 1 fully saturated rings. The molecular formula is C23H28Cl2N4O5S. The minimum atomic E-state index is -3.91. The first kappa shape index (κ1) is 27.3. The number of carbonyl (C=O) groups is 2. The molecule has 1 heterocycles. The molecule has 2 aromatic rings. The van der Waals surface area contributed by atoms with Crippen molar-refractivity contribution in [3.8, 4) is 0 Å². The van der Waals surface area contributed by atoms with Gasteiger partial charge in [0.05, 0.1) is 22.7 Å². The van der Waals surface area contributed by atoms with Gasteiger partial charge < -0.3 is 10.1 Å². The molecule has 0 radical (unpaired) electrons. The number of anilines is 1. The highest BCUT2D eigenvalue weighted by molar-refractivity contribution is 7.87. The van der Waals surface area contributed by atoms with Gasteiger partial charge in [-0.2, -0.15) is 13.1 Å². The molecule has 3 N–H and O–H groups in total. The van der Waals surface area contributed by atoms with Crippen molar-refractivity contribution in [1.29, 1.82) is 0 Å². The first-order chi connectivity index (χ1) is 16.7. The molecule has 0 saturated heterocycles. The molecule has 1 aliphatic carbocycles. The number of hydrogen-bond donors (Lipinski definition) is 3. The van der Waals surface area contributed by atoms with Crippen molar-refractivity contribution < 1.29 is 22.7 Å². The molecule has 3 rings (SSSR count). The maximum absolute atomic E-state index is 12.6. The molecule has 0 spiro atoms. The number of nitrogens with one attached hydrogen (secondary N) is 3.